The lowest BCUT2D eigenvalue weighted by molar-refractivity contribution is -0.121. The van der Waals surface area contributed by atoms with Crippen molar-refractivity contribution < 1.29 is 14.3 Å². The molecule has 0 bridgehead atoms. The zero-order valence-electron chi connectivity index (χ0n) is 7.64. The SMILES string of the molecule is C[C@H](O)C(=O)/C=C/c1cccc(=O)o1. The van der Waals surface area contributed by atoms with Crippen molar-refractivity contribution in [3.8, 4) is 0 Å². The largest absolute Gasteiger partial charge is 0.423 e. The molecule has 74 valence electrons. The zero-order valence-corrected chi connectivity index (χ0v) is 7.64. The van der Waals surface area contributed by atoms with E-state index in [0.717, 1.165) is 0 Å². The van der Waals surface area contributed by atoms with Gasteiger partial charge in [-0.3, -0.25) is 4.79 Å². The van der Waals surface area contributed by atoms with Gasteiger partial charge in [0.1, 0.15) is 11.9 Å². The fourth-order valence-electron chi connectivity index (χ4n) is 0.799. The smallest absolute Gasteiger partial charge is 0.336 e. The summed E-state index contributed by atoms with van der Waals surface area (Å²) in [5.41, 5.74) is -0.475. The lowest BCUT2D eigenvalue weighted by atomic mass is 10.2. The molecule has 1 aromatic heterocycles. The maximum absolute atomic E-state index is 10.9. The van der Waals surface area contributed by atoms with Crippen LogP contribution >= 0.6 is 0 Å². The highest BCUT2D eigenvalue weighted by atomic mass is 16.4. The Morgan fingerprint density at radius 1 is 1.57 bits per heavy atom. The highest BCUT2D eigenvalue weighted by molar-refractivity contribution is 5.96. The molecular weight excluding hydrogens is 184 g/mol. The molecular formula is C10H10O4. The van der Waals surface area contributed by atoms with Gasteiger partial charge in [0, 0.05) is 6.07 Å². The van der Waals surface area contributed by atoms with Crippen LogP contribution in [-0.4, -0.2) is 17.0 Å². The highest BCUT2D eigenvalue weighted by Gasteiger charge is 2.03. The van der Waals surface area contributed by atoms with Crippen molar-refractivity contribution in [1.29, 1.82) is 0 Å². The van der Waals surface area contributed by atoms with Gasteiger partial charge in [0.2, 0.25) is 0 Å². The van der Waals surface area contributed by atoms with E-state index in [4.69, 9.17) is 9.52 Å². The van der Waals surface area contributed by atoms with E-state index in [0.29, 0.717) is 0 Å². The molecule has 0 saturated carbocycles. The molecule has 14 heavy (non-hydrogen) atoms. The third-order valence-corrected chi connectivity index (χ3v) is 1.53. The van der Waals surface area contributed by atoms with E-state index >= 15 is 0 Å². The standard InChI is InChI=1S/C10H10O4/c1-7(11)9(12)6-5-8-3-2-4-10(13)14-8/h2-7,11H,1H3/b6-5+/t7-/m0/s1. The van der Waals surface area contributed by atoms with Gasteiger partial charge in [-0.1, -0.05) is 6.07 Å². The van der Waals surface area contributed by atoms with Gasteiger partial charge in [0.25, 0.3) is 0 Å². The fraction of sp³-hybridized carbons (Fsp3) is 0.200. The topological polar surface area (TPSA) is 67.5 Å². The molecule has 1 aromatic rings. The van der Waals surface area contributed by atoms with Gasteiger partial charge >= 0.3 is 5.63 Å². The number of rotatable bonds is 3. The minimum atomic E-state index is -1.04. The Labute approximate surface area is 80.5 Å². The van der Waals surface area contributed by atoms with E-state index in [2.05, 4.69) is 0 Å². The highest BCUT2D eigenvalue weighted by Crippen LogP contribution is 1.98. The molecule has 1 atom stereocenters. The Morgan fingerprint density at radius 3 is 2.86 bits per heavy atom. The molecule has 0 spiro atoms. The summed E-state index contributed by atoms with van der Waals surface area (Å²) in [5.74, 6) is -0.150. The molecule has 0 saturated heterocycles. The first-order valence-corrected chi connectivity index (χ1v) is 4.10. The second-order valence-electron chi connectivity index (χ2n) is 2.76. The Hall–Kier alpha value is -1.68. The lowest BCUT2D eigenvalue weighted by Crippen LogP contribution is -2.12. The lowest BCUT2D eigenvalue weighted by Gasteiger charge is -1.95. The second-order valence-corrected chi connectivity index (χ2v) is 2.76. The van der Waals surface area contributed by atoms with Crippen molar-refractivity contribution in [3.63, 3.8) is 0 Å². The maximum Gasteiger partial charge on any atom is 0.336 e. The van der Waals surface area contributed by atoms with Gasteiger partial charge in [-0.25, -0.2) is 4.79 Å². The van der Waals surface area contributed by atoms with Crippen molar-refractivity contribution in [2.24, 2.45) is 0 Å². The van der Waals surface area contributed by atoms with E-state index in [1.54, 1.807) is 6.07 Å². The summed E-state index contributed by atoms with van der Waals surface area (Å²) in [7, 11) is 0. The number of hydrogen-bond acceptors (Lipinski definition) is 4. The van der Waals surface area contributed by atoms with E-state index in [1.807, 2.05) is 0 Å². The van der Waals surface area contributed by atoms with E-state index in [-0.39, 0.29) is 5.76 Å². The van der Waals surface area contributed by atoms with Crippen LogP contribution in [0.4, 0.5) is 0 Å². The number of aliphatic hydroxyl groups is 1. The van der Waals surface area contributed by atoms with Crippen LogP contribution < -0.4 is 5.63 Å². The average molecular weight is 194 g/mol. The van der Waals surface area contributed by atoms with Crippen LogP contribution in [0.15, 0.2) is 33.5 Å². The molecule has 0 aliphatic rings. The molecule has 1 heterocycles. The summed E-state index contributed by atoms with van der Waals surface area (Å²) in [6, 6.07) is 4.35. The predicted molar refractivity (Wildman–Crippen MR) is 50.7 cm³/mol. The third kappa shape index (κ3) is 2.99. The van der Waals surface area contributed by atoms with E-state index in [1.165, 1.54) is 31.2 Å². The van der Waals surface area contributed by atoms with Crippen molar-refractivity contribution >= 4 is 11.9 Å². The normalized spacial score (nSPS) is 13.0. The summed E-state index contributed by atoms with van der Waals surface area (Å²) >= 11 is 0. The van der Waals surface area contributed by atoms with Gasteiger partial charge in [-0.05, 0) is 25.1 Å². The summed E-state index contributed by atoms with van der Waals surface area (Å²) < 4.78 is 4.73. The van der Waals surface area contributed by atoms with Gasteiger partial charge in [-0.2, -0.15) is 0 Å². The molecule has 0 aromatic carbocycles. The summed E-state index contributed by atoms with van der Waals surface area (Å²) in [5, 5.41) is 8.86. The van der Waals surface area contributed by atoms with Gasteiger partial charge in [0.05, 0.1) is 0 Å². The van der Waals surface area contributed by atoms with Crippen LogP contribution in [0.25, 0.3) is 6.08 Å². The molecule has 4 nitrogen and oxygen atoms in total. The first-order chi connectivity index (χ1) is 6.59. The van der Waals surface area contributed by atoms with Crippen LogP contribution in [-0.2, 0) is 4.79 Å². The van der Waals surface area contributed by atoms with Gasteiger partial charge < -0.3 is 9.52 Å². The average Bonchev–Trinajstić information content (AvgIpc) is 2.14. The van der Waals surface area contributed by atoms with Gasteiger partial charge in [0.15, 0.2) is 5.78 Å². The summed E-state index contributed by atoms with van der Waals surface area (Å²) in [6.07, 6.45) is 1.47. The van der Waals surface area contributed by atoms with Crippen LogP contribution in [0, 0.1) is 0 Å². The first kappa shape index (κ1) is 10.4. The van der Waals surface area contributed by atoms with E-state index < -0.39 is 17.5 Å². The first-order valence-electron chi connectivity index (χ1n) is 4.10. The Bertz CT molecular complexity index is 401. The minimum Gasteiger partial charge on any atom is -0.423 e. The number of aliphatic hydroxyl groups excluding tert-OH is 1. The molecule has 0 amide bonds. The molecule has 0 radical (unpaired) electrons. The second kappa shape index (κ2) is 4.53. The Kier molecular flexibility index (Phi) is 3.36. The van der Waals surface area contributed by atoms with Gasteiger partial charge in [-0.15, -0.1) is 0 Å². The fourth-order valence-corrected chi connectivity index (χ4v) is 0.799. The van der Waals surface area contributed by atoms with Crippen molar-refractivity contribution in [1.82, 2.24) is 0 Å². The quantitative estimate of drug-likeness (QED) is 0.715. The molecule has 4 heteroatoms. The Balaban J connectivity index is 2.79. The van der Waals surface area contributed by atoms with Crippen molar-refractivity contribution in [2.45, 2.75) is 13.0 Å². The molecule has 0 aliphatic carbocycles. The van der Waals surface area contributed by atoms with Crippen LogP contribution in [0.2, 0.25) is 0 Å². The molecule has 1 N–H and O–H groups in total. The summed E-state index contributed by atoms with van der Waals surface area (Å²) in [6.45, 7) is 1.37. The van der Waals surface area contributed by atoms with E-state index in [9.17, 15) is 9.59 Å². The Morgan fingerprint density at radius 2 is 2.29 bits per heavy atom. The molecule has 1 rings (SSSR count). The van der Waals surface area contributed by atoms with Crippen LogP contribution in [0.1, 0.15) is 12.7 Å². The summed E-state index contributed by atoms with van der Waals surface area (Å²) in [4.78, 5) is 21.7. The number of ketones is 1. The number of carbonyl (C=O) groups excluding carboxylic acids is 1. The molecule has 0 fully saturated rings. The number of hydrogen-bond donors (Lipinski definition) is 1. The monoisotopic (exact) mass is 194 g/mol. The third-order valence-electron chi connectivity index (χ3n) is 1.53. The maximum atomic E-state index is 10.9. The predicted octanol–water partition coefficient (Wildman–Crippen LogP) is 0.603. The van der Waals surface area contributed by atoms with Crippen molar-refractivity contribution in [3.05, 3.63) is 40.5 Å². The zero-order chi connectivity index (χ0) is 10.6. The van der Waals surface area contributed by atoms with Crippen LogP contribution in [0.5, 0.6) is 0 Å². The van der Waals surface area contributed by atoms with Crippen LogP contribution in [0.3, 0.4) is 0 Å². The minimum absolute atomic E-state index is 0.284. The number of carbonyl (C=O) groups is 1. The van der Waals surface area contributed by atoms with Crippen molar-refractivity contribution in [2.75, 3.05) is 0 Å². The molecule has 0 unspecified atom stereocenters. The molecule has 0 aliphatic heterocycles.